The Morgan fingerprint density at radius 3 is 2.48 bits per heavy atom. The van der Waals surface area contributed by atoms with Crippen LogP contribution in [0.25, 0.3) is 21.9 Å². The van der Waals surface area contributed by atoms with Gasteiger partial charge in [-0.3, -0.25) is 4.79 Å². The Hall–Kier alpha value is -4.31. The van der Waals surface area contributed by atoms with Crippen molar-refractivity contribution in [2.24, 2.45) is 0 Å². The van der Waals surface area contributed by atoms with Gasteiger partial charge in [-0.2, -0.15) is 0 Å². The average Bonchev–Trinajstić information content (AvgIpc) is 3.13. The molecule has 0 aliphatic rings. The Kier molecular flexibility index (Phi) is 5.76. The van der Waals surface area contributed by atoms with Gasteiger partial charge in [0.05, 0.1) is 23.9 Å². The van der Waals surface area contributed by atoms with Crippen LogP contribution in [0, 0.1) is 11.8 Å². The van der Waals surface area contributed by atoms with Crippen LogP contribution < -0.4 is 10.9 Å². The molecule has 1 N–H and O–H groups in total. The van der Waals surface area contributed by atoms with Crippen molar-refractivity contribution in [1.29, 1.82) is 0 Å². The Morgan fingerprint density at radius 2 is 1.79 bits per heavy atom. The second-order valence-electron chi connectivity index (χ2n) is 7.82. The molecular weight excluding hydrogens is 422 g/mol. The van der Waals surface area contributed by atoms with Crippen molar-refractivity contribution in [2.75, 3.05) is 12.4 Å². The quantitative estimate of drug-likeness (QED) is 0.277. The first-order chi connectivity index (χ1) is 15.8. The third kappa shape index (κ3) is 4.37. The number of esters is 1. The van der Waals surface area contributed by atoms with Crippen molar-refractivity contribution >= 4 is 39.5 Å². The number of ether oxygens (including phenoxy) is 1. The first-order valence-electron chi connectivity index (χ1n) is 10.3. The van der Waals surface area contributed by atoms with Gasteiger partial charge in [-0.25, -0.2) is 9.59 Å². The molecule has 0 radical (unpaired) electrons. The van der Waals surface area contributed by atoms with Crippen molar-refractivity contribution in [3.05, 3.63) is 75.3 Å². The number of rotatable bonds is 3. The van der Waals surface area contributed by atoms with Crippen LogP contribution in [0.2, 0.25) is 0 Å². The van der Waals surface area contributed by atoms with Crippen LogP contribution in [0.4, 0.5) is 5.69 Å². The molecular formula is C26H21NO6. The van der Waals surface area contributed by atoms with E-state index in [-0.39, 0.29) is 17.4 Å². The van der Waals surface area contributed by atoms with E-state index < -0.39 is 11.6 Å². The molecule has 2 heterocycles. The molecule has 0 aliphatic heterocycles. The van der Waals surface area contributed by atoms with E-state index in [9.17, 15) is 14.4 Å². The zero-order valence-electron chi connectivity index (χ0n) is 18.6. The molecule has 0 unspecified atom stereocenters. The maximum absolute atomic E-state index is 12.2. The molecule has 2 aromatic heterocycles. The van der Waals surface area contributed by atoms with Gasteiger partial charge in [0, 0.05) is 41.3 Å². The molecule has 0 saturated carbocycles. The lowest BCUT2D eigenvalue weighted by Crippen LogP contribution is -2.12. The molecule has 0 spiro atoms. The molecule has 0 atom stereocenters. The topological polar surface area (TPSA) is 98.8 Å². The summed E-state index contributed by atoms with van der Waals surface area (Å²) >= 11 is 0. The van der Waals surface area contributed by atoms with Gasteiger partial charge in [0.15, 0.2) is 0 Å². The lowest BCUT2D eigenvalue weighted by atomic mass is 10.0. The van der Waals surface area contributed by atoms with E-state index in [4.69, 9.17) is 13.6 Å². The minimum Gasteiger partial charge on any atom is -0.465 e. The highest BCUT2D eigenvalue weighted by atomic mass is 16.5. The number of anilines is 1. The highest BCUT2D eigenvalue weighted by Gasteiger charge is 2.18. The number of nitrogens with one attached hydrogen (secondary N) is 1. The van der Waals surface area contributed by atoms with Crippen molar-refractivity contribution < 1.29 is 23.2 Å². The zero-order valence-corrected chi connectivity index (χ0v) is 18.6. The molecule has 0 bridgehead atoms. The predicted molar refractivity (Wildman–Crippen MR) is 124 cm³/mol. The van der Waals surface area contributed by atoms with Crippen LogP contribution in [-0.2, 0) is 9.53 Å². The number of furan rings is 1. The van der Waals surface area contributed by atoms with Crippen LogP contribution in [0.5, 0.6) is 0 Å². The Balaban J connectivity index is 1.86. The van der Waals surface area contributed by atoms with Gasteiger partial charge in [-0.15, -0.1) is 0 Å². The van der Waals surface area contributed by atoms with Gasteiger partial charge in [0.1, 0.15) is 16.9 Å². The van der Waals surface area contributed by atoms with Crippen LogP contribution in [-0.4, -0.2) is 19.0 Å². The van der Waals surface area contributed by atoms with E-state index in [1.807, 2.05) is 19.9 Å². The Morgan fingerprint density at radius 1 is 1.00 bits per heavy atom. The first kappa shape index (κ1) is 21.9. The molecule has 0 saturated heterocycles. The summed E-state index contributed by atoms with van der Waals surface area (Å²) in [5, 5.41) is 4.18. The largest absolute Gasteiger partial charge is 0.465 e. The molecule has 4 rings (SSSR count). The van der Waals surface area contributed by atoms with E-state index in [1.54, 1.807) is 30.3 Å². The number of amides is 1. The predicted octanol–water partition coefficient (Wildman–Crippen LogP) is 4.81. The van der Waals surface area contributed by atoms with Crippen molar-refractivity contribution in [2.45, 2.75) is 26.7 Å². The van der Waals surface area contributed by atoms with Crippen LogP contribution in [0.3, 0.4) is 0 Å². The van der Waals surface area contributed by atoms with E-state index in [1.165, 1.54) is 20.1 Å². The lowest BCUT2D eigenvalue weighted by Gasteiger charge is -2.08. The number of methoxy groups -OCH3 is 1. The number of fused-ring (bicyclic) bond motifs is 2. The molecule has 2 aromatic carbocycles. The fourth-order valence-electron chi connectivity index (χ4n) is 3.55. The van der Waals surface area contributed by atoms with Crippen LogP contribution in [0.1, 0.15) is 53.9 Å². The minimum absolute atomic E-state index is 0.0598. The highest BCUT2D eigenvalue weighted by Crippen LogP contribution is 2.33. The van der Waals surface area contributed by atoms with Gasteiger partial charge in [-0.05, 0) is 30.3 Å². The smallest absolute Gasteiger partial charge is 0.340 e. The number of benzene rings is 2. The molecule has 166 valence electrons. The van der Waals surface area contributed by atoms with Crippen molar-refractivity contribution in [3.8, 4) is 11.8 Å². The SMILES string of the molecule is COC(=O)c1cc(C#Cc2c(C(C)C)oc3cc4oc(=O)ccc4cc23)ccc1NC(C)=O. The number of carbonyl (C=O) groups is 2. The minimum atomic E-state index is -0.577. The monoisotopic (exact) mass is 443 g/mol. The molecule has 7 heteroatoms. The Bertz CT molecular complexity index is 1530. The maximum atomic E-state index is 12.2. The number of hydrogen-bond acceptors (Lipinski definition) is 6. The van der Waals surface area contributed by atoms with Crippen molar-refractivity contribution in [1.82, 2.24) is 0 Å². The highest BCUT2D eigenvalue weighted by molar-refractivity contribution is 6.01. The summed E-state index contributed by atoms with van der Waals surface area (Å²) in [7, 11) is 1.27. The summed E-state index contributed by atoms with van der Waals surface area (Å²) in [6.07, 6.45) is 0. The maximum Gasteiger partial charge on any atom is 0.340 e. The summed E-state index contributed by atoms with van der Waals surface area (Å²) in [5.74, 6) is 6.16. The molecule has 4 aromatic rings. The molecule has 0 aliphatic carbocycles. The van der Waals surface area contributed by atoms with E-state index in [0.29, 0.717) is 28.2 Å². The summed E-state index contributed by atoms with van der Waals surface area (Å²) in [5.41, 5.74) is 2.43. The second kappa shape index (κ2) is 8.67. The lowest BCUT2D eigenvalue weighted by molar-refractivity contribution is -0.114. The van der Waals surface area contributed by atoms with Gasteiger partial charge < -0.3 is 18.9 Å². The third-order valence-corrected chi connectivity index (χ3v) is 5.05. The summed E-state index contributed by atoms with van der Waals surface area (Å²) < 4.78 is 16.2. The van der Waals surface area contributed by atoms with Gasteiger partial charge in [-0.1, -0.05) is 25.7 Å². The average molecular weight is 443 g/mol. The van der Waals surface area contributed by atoms with E-state index >= 15 is 0 Å². The normalized spacial score (nSPS) is 10.8. The van der Waals surface area contributed by atoms with Gasteiger partial charge >= 0.3 is 11.6 Å². The molecule has 0 fully saturated rings. The fourth-order valence-corrected chi connectivity index (χ4v) is 3.55. The summed E-state index contributed by atoms with van der Waals surface area (Å²) in [4.78, 5) is 35.2. The van der Waals surface area contributed by atoms with E-state index in [0.717, 1.165) is 16.3 Å². The fraction of sp³-hybridized carbons (Fsp3) is 0.192. The second-order valence-corrected chi connectivity index (χ2v) is 7.82. The molecule has 33 heavy (non-hydrogen) atoms. The van der Waals surface area contributed by atoms with Gasteiger partial charge in [0.25, 0.3) is 0 Å². The summed E-state index contributed by atoms with van der Waals surface area (Å²) in [6, 6.07) is 11.5. The van der Waals surface area contributed by atoms with E-state index in [2.05, 4.69) is 17.2 Å². The first-order valence-corrected chi connectivity index (χ1v) is 10.3. The molecule has 1 amide bonds. The third-order valence-electron chi connectivity index (χ3n) is 5.05. The molecule has 7 nitrogen and oxygen atoms in total. The van der Waals surface area contributed by atoms with Gasteiger partial charge in [0.2, 0.25) is 5.91 Å². The zero-order chi connectivity index (χ0) is 23.7. The number of carbonyl (C=O) groups excluding carboxylic acids is 2. The number of hydrogen-bond donors (Lipinski definition) is 1. The van der Waals surface area contributed by atoms with Crippen LogP contribution in [0.15, 0.2) is 56.1 Å². The van der Waals surface area contributed by atoms with Crippen LogP contribution >= 0.6 is 0 Å². The standard InChI is InChI=1S/C26H21NO6/c1-14(2)25-18(19-12-17-7-10-24(29)32-22(17)13-23(19)33-25)8-5-16-6-9-21(27-15(3)28)20(11-16)26(30)31-4/h6-7,9-14H,1-4H3,(H,27,28). The summed E-state index contributed by atoms with van der Waals surface area (Å²) in [6.45, 7) is 5.36. The van der Waals surface area contributed by atoms with Crippen molar-refractivity contribution in [3.63, 3.8) is 0 Å². The Labute approximate surface area is 189 Å².